The molecule has 2 N–H and O–H groups in total. The van der Waals surface area contributed by atoms with Crippen molar-refractivity contribution < 1.29 is 19.7 Å². The van der Waals surface area contributed by atoms with E-state index in [1.165, 1.54) is 0 Å². The van der Waals surface area contributed by atoms with Crippen LogP contribution in [0.3, 0.4) is 0 Å². The van der Waals surface area contributed by atoms with Crippen LogP contribution in [0.1, 0.15) is 27.2 Å². The molecular formula is C10H22O4. The van der Waals surface area contributed by atoms with Crippen LogP contribution in [0.5, 0.6) is 0 Å². The Morgan fingerprint density at radius 1 is 1.14 bits per heavy atom. The Labute approximate surface area is 85.8 Å². The molecule has 0 aliphatic carbocycles. The average Bonchev–Trinajstić information content (AvgIpc) is 2.03. The summed E-state index contributed by atoms with van der Waals surface area (Å²) < 4.78 is 9.89. The van der Waals surface area contributed by atoms with Crippen molar-refractivity contribution in [2.75, 3.05) is 26.4 Å². The highest BCUT2D eigenvalue weighted by Crippen LogP contribution is 2.09. The Balaban J connectivity index is 0.000000249. The van der Waals surface area contributed by atoms with Crippen molar-refractivity contribution in [2.24, 2.45) is 0 Å². The minimum atomic E-state index is -0.728. The molecule has 0 aromatic heterocycles. The van der Waals surface area contributed by atoms with E-state index in [0.29, 0.717) is 6.42 Å². The van der Waals surface area contributed by atoms with Crippen LogP contribution in [0.4, 0.5) is 0 Å². The van der Waals surface area contributed by atoms with Gasteiger partial charge in [-0.2, -0.15) is 0 Å². The zero-order chi connectivity index (χ0) is 11.0. The maximum Gasteiger partial charge on any atom is 0.0701 e. The van der Waals surface area contributed by atoms with Gasteiger partial charge in [-0.05, 0) is 20.8 Å². The molecule has 1 unspecified atom stereocenters. The summed E-state index contributed by atoms with van der Waals surface area (Å²) in [6, 6.07) is 0. The van der Waals surface area contributed by atoms with Crippen LogP contribution < -0.4 is 0 Å². The van der Waals surface area contributed by atoms with Crippen LogP contribution in [0.2, 0.25) is 0 Å². The summed E-state index contributed by atoms with van der Waals surface area (Å²) in [5.74, 6) is 0. The van der Waals surface area contributed by atoms with Crippen molar-refractivity contribution in [3.63, 3.8) is 0 Å². The lowest BCUT2D eigenvalue weighted by atomic mass is 10.0. The molecule has 0 aromatic carbocycles. The lowest BCUT2D eigenvalue weighted by molar-refractivity contribution is -0.0334. The highest BCUT2D eigenvalue weighted by atomic mass is 16.6. The molecule has 0 spiro atoms. The lowest BCUT2D eigenvalue weighted by Gasteiger charge is -2.17. The fraction of sp³-hybridized carbons (Fsp3) is 1.00. The lowest BCUT2D eigenvalue weighted by Crippen LogP contribution is -2.24. The third kappa shape index (κ3) is 11.8. The van der Waals surface area contributed by atoms with Gasteiger partial charge in [-0.1, -0.05) is 0 Å². The molecule has 0 aromatic rings. The molecule has 0 bridgehead atoms. The van der Waals surface area contributed by atoms with E-state index >= 15 is 0 Å². The van der Waals surface area contributed by atoms with Gasteiger partial charge >= 0.3 is 0 Å². The molecule has 1 aliphatic heterocycles. The van der Waals surface area contributed by atoms with Gasteiger partial charge in [-0.15, -0.1) is 0 Å². The molecule has 14 heavy (non-hydrogen) atoms. The fourth-order valence-electron chi connectivity index (χ4n) is 1.16. The zero-order valence-electron chi connectivity index (χ0n) is 9.32. The normalized spacial score (nSPS) is 19.5. The van der Waals surface area contributed by atoms with Crippen molar-refractivity contribution >= 4 is 0 Å². The van der Waals surface area contributed by atoms with Crippen LogP contribution in [0.15, 0.2) is 0 Å². The Morgan fingerprint density at radius 3 is 1.57 bits per heavy atom. The summed E-state index contributed by atoms with van der Waals surface area (Å²) in [5, 5.41) is 17.8. The van der Waals surface area contributed by atoms with Crippen LogP contribution >= 0.6 is 0 Å². The predicted molar refractivity (Wildman–Crippen MR) is 54.2 cm³/mol. The van der Waals surface area contributed by atoms with E-state index in [1.54, 1.807) is 20.8 Å². The van der Waals surface area contributed by atoms with Crippen molar-refractivity contribution in [3.05, 3.63) is 0 Å². The second-order valence-corrected chi connectivity index (χ2v) is 4.09. The van der Waals surface area contributed by atoms with Crippen molar-refractivity contribution in [2.45, 2.75) is 38.9 Å². The summed E-state index contributed by atoms with van der Waals surface area (Å²) >= 11 is 0. The number of rotatable bonds is 2. The predicted octanol–water partition coefficient (Wildman–Crippen LogP) is 0.561. The maximum atomic E-state index is 9.03. The summed E-state index contributed by atoms with van der Waals surface area (Å²) in [4.78, 5) is 0. The van der Waals surface area contributed by atoms with Gasteiger partial charge in [0, 0.05) is 6.42 Å². The fourth-order valence-corrected chi connectivity index (χ4v) is 1.16. The van der Waals surface area contributed by atoms with Gasteiger partial charge in [0.1, 0.15) is 0 Å². The molecule has 4 nitrogen and oxygen atoms in total. The van der Waals surface area contributed by atoms with E-state index in [-0.39, 0.29) is 0 Å². The van der Waals surface area contributed by atoms with E-state index in [9.17, 15) is 0 Å². The summed E-state index contributed by atoms with van der Waals surface area (Å²) in [6.07, 6.45) is 0.0301. The van der Waals surface area contributed by atoms with Crippen LogP contribution in [-0.2, 0) is 9.47 Å². The number of aliphatic hydroxyl groups is 2. The second kappa shape index (κ2) is 7.17. The Bertz CT molecular complexity index is 113. The van der Waals surface area contributed by atoms with E-state index in [2.05, 4.69) is 0 Å². The molecule has 1 rings (SSSR count). The minimum Gasteiger partial charge on any atom is -0.393 e. The van der Waals surface area contributed by atoms with Crippen molar-refractivity contribution in [3.8, 4) is 0 Å². The molecule has 1 aliphatic rings. The molecule has 1 heterocycles. The monoisotopic (exact) mass is 206 g/mol. The first-order chi connectivity index (χ1) is 6.42. The van der Waals surface area contributed by atoms with Crippen LogP contribution in [0, 0.1) is 0 Å². The Morgan fingerprint density at radius 2 is 1.50 bits per heavy atom. The number of aliphatic hydroxyl groups excluding tert-OH is 1. The molecule has 1 saturated heterocycles. The van der Waals surface area contributed by atoms with Gasteiger partial charge in [0.25, 0.3) is 0 Å². The first kappa shape index (κ1) is 13.8. The van der Waals surface area contributed by atoms with Crippen LogP contribution in [-0.4, -0.2) is 48.3 Å². The minimum absolute atomic E-state index is 0.407. The molecule has 0 saturated carbocycles. The van der Waals surface area contributed by atoms with Crippen molar-refractivity contribution in [1.29, 1.82) is 0 Å². The topological polar surface area (TPSA) is 58.9 Å². The third-order valence-electron chi connectivity index (χ3n) is 1.54. The molecular weight excluding hydrogens is 184 g/mol. The van der Waals surface area contributed by atoms with E-state index in [0.717, 1.165) is 26.4 Å². The van der Waals surface area contributed by atoms with Gasteiger partial charge in [-0.25, -0.2) is 0 Å². The van der Waals surface area contributed by atoms with Gasteiger partial charge < -0.3 is 19.7 Å². The standard InChI is InChI=1S/C6H14O2.C4H8O2/c1-5(7)4-6(2,3)8;1-2-6-4-3-5-1/h5,7-8H,4H2,1-3H3;1-4H2. The van der Waals surface area contributed by atoms with Crippen molar-refractivity contribution in [1.82, 2.24) is 0 Å². The third-order valence-corrected chi connectivity index (χ3v) is 1.54. The maximum absolute atomic E-state index is 9.03. The number of ether oxygens (including phenoxy) is 2. The highest BCUT2D eigenvalue weighted by Gasteiger charge is 2.14. The molecule has 86 valence electrons. The molecule has 0 amide bonds. The van der Waals surface area contributed by atoms with E-state index in [4.69, 9.17) is 19.7 Å². The van der Waals surface area contributed by atoms with E-state index in [1.807, 2.05) is 0 Å². The highest BCUT2D eigenvalue weighted by molar-refractivity contribution is 4.67. The zero-order valence-corrected chi connectivity index (χ0v) is 9.32. The molecule has 4 heteroatoms. The summed E-state index contributed by atoms with van der Waals surface area (Å²) in [7, 11) is 0. The Hall–Kier alpha value is -0.160. The summed E-state index contributed by atoms with van der Waals surface area (Å²) in [6.45, 7) is 8.14. The van der Waals surface area contributed by atoms with Gasteiger partial charge in [0.05, 0.1) is 38.1 Å². The van der Waals surface area contributed by atoms with Crippen LogP contribution in [0.25, 0.3) is 0 Å². The first-order valence-electron chi connectivity index (χ1n) is 4.98. The molecule has 1 atom stereocenters. The average molecular weight is 206 g/mol. The second-order valence-electron chi connectivity index (χ2n) is 4.09. The molecule has 1 fully saturated rings. The van der Waals surface area contributed by atoms with Gasteiger partial charge in [0.15, 0.2) is 0 Å². The van der Waals surface area contributed by atoms with Gasteiger partial charge in [0.2, 0.25) is 0 Å². The quantitative estimate of drug-likeness (QED) is 0.693. The number of hydrogen-bond acceptors (Lipinski definition) is 4. The number of hydrogen-bond donors (Lipinski definition) is 2. The first-order valence-corrected chi connectivity index (χ1v) is 4.98. The summed E-state index contributed by atoms with van der Waals surface area (Å²) in [5.41, 5.74) is -0.728. The molecule has 0 radical (unpaired) electrons. The van der Waals surface area contributed by atoms with E-state index < -0.39 is 11.7 Å². The Kier molecular flexibility index (Phi) is 7.09. The largest absolute Gasteiger partial charge is 0.393 e. The smallest absolute Gasteiger partial charge is 0.0701 e. The SMILES string of the molecule is C1COCCO1.CC(O)CC(C)(C)O. The van der Waals surface area contributed by atoms with Gasteiger partial charge in [-0.3, -0.25) is 0 Å².